The van der Waals surface area contributed by atoms with Crippen molar-refractivity contribution in [2.45, 2.75) is 72.3 Å². The topological polar surface area (TPSA) is 191 Å². The second kappa shape index (κ2) is 14.8. The Balaban J connectivity index is 2.01. The number of nitrogens with two attached hydrogens (primary N) is 1. The number of H-pyrrole nitrogens is 2. The predicted octanol–water partition coefficient (Wildman–Crippen LogP) is 2.21. The number of hydrogen-bond acceptors (Lipinski definition) is 10. The summed E-state index contributed by atoms with van der Waals surface area (Å²) in [6, 6.07) is -0.867. The highest BCUT2D eigenvalue weighted by Crippen LogP contribution is 2.15. The van der Waals surface area contributed by atoms with Gasteiger partial charge >= 0.3 is 18.0 Å². The molecule has 0 saturated heterocycles. The summed E-state index contributed by atoms with van der Waals surface area (Å²) in [7, 11) is 0. The van der Waals surface area contributed by atoms with Crippen LogP contribution < -0.4 is 16.6 Å². The van der Waals surface area contributed by atoms with Gasteiger partial charge in [0, 0.05) is 18.8 Å². The Morgan fingerprint density at radius 2 is 1.78 bits per heavy atom. The van der Waals surface area contributed by atoms with Crippen molar-refractivity contribution in [2.75, 3.05) is 25.6 Å². The number of fused-ring (bicyclic) bond motifs is 1. The van der Waals surface area contributed by atoms with Crippen molar-refractivity contribution in [3.05, 3.63) is 16.2 Å². The highest BCUT2D eigenvalue weighted by atomic mass is 16.6. The minimum Gasteiger partial charge on any atom is -0.465 e. The van der Waals surface area contributed by atoms with E-state index in [0.29, 0.717) is 31.5 Å². The molecule has 2 atom stereocenters. The standard InChI is InChI=1S/C24H38N6O7/c1-5-7-10-36-24(34)28-18(14(3)4)22(33)35-11-9-15(13-37-17(31)8-6-2)12-16-26-19-20(27-16)29-23(25)30-21(19)32/h14-15,18H,5-13H2,1-4H3,(H,28,34)(H4,25,26,27,29,30,32)/t15?,18-/m0/s1. The van der Waals surface area contributed by atoms with E-state index in [-0.39, 0.29) is 54.7 Å². The predicted molar refractivity (Wildman–Crippen MR) is 136 cm³/mol. The number of carbonyl (C=O) groups excluding carboxylic acids is 3. The van der Waals surface area contributed by atoms with Gasteiger partial charge in [-0.2, -0.15) is 4.98 Å². The number of esters is 2. The van der Waals surface area contributed by atoms with Gasteiger partial charge in [0.05, 0.1) is 19.8 Å². The molecule has 37 heavy (non-hydrogen) atoms. The fourth-order valence-corrected chi connectivity index (χ4v) is 3.47. The number of unbranched alkanes of at least 4 members (excludes halogenated alkanes) is 1. The van der Waals surface area contributed by atoms with Gasteiger partial charge in [-0.25, -0.2) is 14.6 Å². The Morgan fingerprint density at radius 1 is 1.03 bits per heavy atom. The van der Waals surface area contributed by atoms with Crippen LogP contribution in [0.1, 0.15) is 65.6 Å². The Kier molecular flexibility index (Phi) is 11.8. The SMILES string of the molecule is CCCCOC(=O)N[C@H](C(=O)OCCC(COC(=O)CCC)Cc1nc2nc(N)[nH]c(=O)c2[nH]1)C(C)C. The van der Waals surface area contributed by atoms with Crippen LogP contribution in [0.15, 0.2) is 4.79 Å². The van der Waals surface area contributed by atoms with Crippen LogP contribution in [-0.4, -0.2) is 63.8 Å². The molecule has 5 N–H and O–H groups in total. The van der Waals surface area contributed by atoms with E-state index in [9.17, 15) is 19.2 Å². The summed E-state index contributed by atoms with van der Waals surface area (Å²) >= 11 is 0. The molecule has 1 amide bonds. The summed E-state index contributed by atoms with van der Waals surface area (Å²) < 4.78 is 15.9. The molecule has 0 fully saturated rings. The minimum absolute atomic E-state index is 0.0244. The first-order chi connectivity index (χ1) is 17.6. The second-order valence-electron chi connectivity index (χ2n) is 9.15. The molecule has 0 radical (unpaired) electrons. The summed E-state index contributed by atoms with van der Waals surface area (Å²) in [5, 5.41) is 2.56. The summed E-state index contributed by atoms with van der Waals surface area (Å²) in [6.07, 6.45) is 2.55. The van der Waals surface area contributed by atoms with E-state index in [2.05, 4.69) is 25.3 Å². The minimum atomic E-state index is -0.867. The van der Waals surface area contributed by atoms with Gasteiger partial charge < -0.3 is 30.2 Å². The third kappa shape index (κ3) is 9.73. The van der Waals surface area contributed by atoms with Crippen molar-refractivity contribution >= 4 is 35.1 Å². The van der Waals surface area contributed by atoms with Gasteiger partial charge in [0.25, 0.3) is 5.56 Å². The molecule has 0 aliphatic rings. The Bertz CT molecular complexity index is 1100. The van der Waals surface area contributed by atoms with Crippen molar-refractivity contribution < 1.29 is 28.6 Å². The molecule has 2 aromatic rings. The molecule has 0 saturated carbocycles. The molecule has 0 spiro atoms. The zero-order valence-corrected chi connectivity index (χ0v) is 21.9. The number of nitrogens with one attached hydrogen (secondary N) is 3. The lowest BCUT2D eigenvalue weighted by Gasteiger charge is -2.21. The summed E-state index contributed by atoms with van der Waals surface area (Å²) in [5.41, 5.74) is 5.51. The number of carbonyl (C=O) groups is 3. The van der Waals surface area contributed by atoms with Gasteiger partial charge in [0.15, 0.2) is 11.2 Å². The lowest BCUT2D eigenvalue weighted by molar-refractivity contribution is -0.149. The van der Waals surface area contributed by atoms with Crippen LogP contribution >= 0.6 is 0 Å². The Hall–Kier alpha value is -3.64. The second-order valence-corrected chi connectivity index (χ2v) is 9.15. The average Bonchev–Trinajstić information content (AvgIpc) is 3.23. The van der Waals surface area contributed by atoms with E-state index in [1.165, 1.54) is 0 Å². The molecule has 0 aromatic carbocycles. The van der Waals surface area contributed by atoms with Crippen molar-refractivity contribution in [3.63, 3.8) is 0 Å². The molecule has 13 nitrogen and oxygen atoms in total. The molecule has 1 unspecified atom stereocenters. The quantitative estimate of drug-likeness (QED) is 0.153. The third-order valence-corrected chi connectivity index (χ3v) is 5.54. The zero-order valence-electron chi connectivity index (χ0n) is 21.9. The normalized spacial score (nSPS) is 12.8. The van der Waals surface area contributed by atoms with Gasteiger partial charge in [0.2, 0.25) is 5.95 Å². The number of ether oxygens (including phenoxy) is 3. The number of hydrogen-bond donors (Lipinski definition) is 4. The van der Waals surface area contributed by atoms with Crippen LogP contribution in [0.5, 0.6) is 0 Å². The van der Waals surface area contributed by atoms with Gasteiger partial charge in [-0.3, -0.25) is 14.6 Å². The molecular weight excluding hydrogens is 484 g/mol. The van der Waals surface area contributed by atoms with Crippen LogP contribution in [-0.2, 0) is 30.2 Å². The van der Waals surface area contributed by atoms with Gasteiger partial charge in [-0.15, -0.1) is 0 Å². The van der Waals surface area contributed by atoms with Crippen LogP contribution in [0.3, 0.4) is 0 Å². The fourth-order valence-electron chi connectivity index (χ4n) is 3.47. The van der Waals surface area contributed by atoms with E-state index < -0.39 is 23.7 Å². The molecule has 0 aliphatic carbocycles. The Labute approximate surface area is 215 Å². The maximum atomic E-state index is 12.7. The van der Waals surface area contributed by atoms with E-state index >= 15 is 0 Å². The van der Waals surface area contributed by atoms with E-state index in [4.69, 9.17) is 19.9 Å². The molecule has 0 aliphatic heterocycles. The molecule has 2 rings (SSSR count). The summed E-state index contributed by atoms with van der Waals surface area (Å²) in [5.74, 6) is -0.987. The van der Waals surface area contributed by atoms with Crippen molar-refractivity contribution in [2.24, 2.45) is 11.8 Å². The van der Waals surface area contributed by atoms with Crippen LogP contribution in [0, 0.1) is 11.8 Å². The number of aromatic amines is 2. The lowest BCUT2D eigenvalue weighted by Crippen LogP contribution is -2.45. The molecule has 13 heteroatoms. The number of nitrogen functional groups attached to an aromatic ring is 1. The number of anilines is 1. The van der Waals surface area contributed by atoms with Crippen LogP contribution in [0.2, 0.25) is 0 Å². The molecule has 0 bridgehead atoms. The lowest BCUT2D eigenvalue weighted by atomic mass is 10.0. The molecular formula is C24H38N6O7. The number of amides is 1. The first-order valence-electron chi connectivity index (χ1n) is 12.6. The summed E-state index contributed by atoms with van der Waals surface area (Å²) in [6.45, 7) is 7.81. The van der Waals surface area contributed by atoms with Crippen molar-refractivity contribution in [1.82, 2.24) is 25.3 Å². The van der Waals surface area contributed by atoms with Gasteiger partial charge in [0.1, 0.15) is 11.9 Å². The third-order valence-electron chi connectivity index (χ3n) is 5.54. The highest BCUT2D eigenvalue weighted by molar-refractivity contribution is 5.81. The van der Waals surface area contributed by atoms with Crippen molar-refractivity contribution in [3.8, 4) is 0 Å². The number of rotatable bonds is 15. The number of aromatic nitrogens is 4. The summed E-state index contributed by atoms with van der Waals surface area (Å²) in [4.78, 5) is 62.3. The average molecular weight is 523 g/mol. The first kappa shape index (κ1) is 29.6. The van der Waals surface area contributed by atoms with E-state index in [0.717, 1.165) is 12.8 Å². The number of nitrogens with zero attached hydrogens (tertiary/aromatic N) is 2. The maximum Gasteiger partial charge on any atom is 0.407 e. The number of alkyl carbamates (subject to hydrolysis) is 1. The first-order valence-corrected chi connectivity index (χ1v) is 12.6. The van der Waals surface area contributed by atoms with Crippen LogP contribution in [0.25, 0.3) is 11.2 Å². The maximum absolute atomic E-state index is 12.7. The molecule has 206 valence electrons. The number of imidazole rings is 1. The zero-order chi connectivity index (χ0) is 27.4. The monoisotopic (exact) mass is 522 g/mol. The molecule has 2 aromatic heterocycles. The van der Waals surface area contributed by atoms with E-state index in [1.807, 2.05) is 13.8 Å². The van der Waals surface area contributed by atoms with Gasteiger partial charge in [-0.1, -0.05) is 34.1 Å². The fraction of sp³-hybridized carbons (Fsp3) is 0.667. The highest BCUT2D eigenvalue weighted by Gasteiger charge is 2.27. The largest absolute Gasteiger partial charge is 0.465 e. The van der Waals surface area contributed by atoms with E-state index in [1.54, 1.807) is 13.8 Å². The Morgan fingerprint density at radius 3 is 2.46 bits per heavy atom. The van der Waals surface area contributed by atoms with Crippen molar-refractivity contribution in [1.29, 1.82) is 0 Å². The van der Waals surface area contributed by atoms with Crippen LogP contribution in [0.4, 0.5) is 10.7 Å². The molecule has 2 heterocycles. The smallest absolute Gasteiger partial charge is 0.407 e. The van der Waals surface area contributed by atoms with Gasteiger partial charge in [-0.05, 0) is 25.2 Å².